The molecule has 1 aliphatic heterocycles. The molecule has 0 N–H and O–H groups in total. The summed E-state index contributed by atoms with van der Waals surface area (Å²) in [6.45, 7) is 0.308. The van der Waals surface area contributed by atoms with Gasteiger partial charge < -0.3 is 23.5 Å². The van der Waals surface area contributed by atoms with E-state index in [1.54, 1.807) is 30.2 Å². The van der Waals surface area contributed by atoms with Gasteiger partial charge in [-0.1, -0.05) is 6.07 Å². The van der Waals surface area contributed by atoms with Crippen LogP contribution in [0.4, 0.5) is 5.69 Å². The highest BCUT2D eigenvalue weighted by atomic mass is 16.5. The number of methoxy groups -OCH3 is 2. The average Bonchev–Trinajstić information content (AvgIpc) is 3.34. The van der Waals surface area contributed by atoms with Crippen molar-refractivity contribution in [3.8, 4) is 11.5 Å². The maximum absolute atomic E-state index is 12.5. The van der Waals surface area contributed by atoms with Gasteiger partial charge in [0.25, 0.3) is 0 Å². The highest BCUT2D eigenvalue weighted by Crippen LogP contribution is 2.36. The Hall–Kier alpha value is -3.55. The predicted molar refractivity (Wildman–Crippen MR) is 105 cm³/mol. The summed E-state index contributed by atoms with van der Waals surface area (Å²) in [4.78, 5) is 31.0. The maximum Gasteiger partial charge on any atom is 0.311 e. The molecule has 1 atom stereocenters. The molecule has 29 heavy (non-hydrogen) atoms. The topological polar surface area (TPSA) is 82.4 Å². The second-order valence-corrected chi connectivity index (χ2v) is 6.75. The van der Waals surface area contributed by atoms with Crippen LogP contribution in [0.1, 0.15) is 12.1 Å². The Bertz CT molecular complexity index is 1030. The lowest BCUT2D eigenvalue weighted by atomic mass is 10.1. The van der Waals surface area contributed by atoms with Gasteiger partial charge in [-0.2, -0.15) is 0 Å². The van der Waals surface area contributed by atoms with E-state index in [9.17, 15) is 9.59 Å². The molecule has 0 radical (unpaired) electrons. The number of aromatic nitrogens is 2. The van der Waals surface area contributed by atoms with Crippen molar-refractivity contribution in [2.24, 2.45) is 5.92 Å². The maximum atomic E-state index is 12.5. The minimum atomic E-state index is -0.536. The smallest absolute Gasteiger partial charge is 0.311 e. The van der Waals surface area contributed by atoms with Crippen LogP contribution < -0.4 is 14.4 Å². The van der Waals surface area contributed by atoms with E-state index in [1.165, 1.54) is 7.11 Å². The number of rotatable bonds is 6. The second-order valence-electron chi connectivity index (χ2n) is 6.75. The molecular weight excluding hydrogens is 374 g/mol. The molecule has 3 heterocycles. The molecule has 8 nitrogen and oxygen atoms in total. The van der Waals surface area contributed by atoms with Crippen molar-refractivity contribution < 1.29 is 23.8 Å². The van der Waals surface area contributed by atoms with Gasteiger partial charge in [0.15, 0.2) is 0 Å². The third-order valence-corrected chi connectivity index (χ3v) is 4.91. The van der Waals surface area contributed by atoms with Crippen molar-refractivity contribution in [2.45, 2.75) is 13.0 Å². The molecule has 0 saturated carbocycles. The monoisotopic (exact) mass is 395 g/mol. The third-order valence-electron chi connectivity index (χ3n) is 4.91. The molecule has 150 valence electrons. The Kier molecular flexibility index (Phi) is 5.07. The van der Waals surface area contributed by atoms with Crippen LogP contribution in [-0.4, -0.2) is 42.0 Å². The number of benzene rings is 1. The number of nitrogens with zero attached hydrogens (tertiary/aromatic N) is 3. The fraction of sp³-hybridized carbons (Fsp3) is 0.286. The van der Waals surface area contributed by atoms with Crippen molar-refractivity contribution in [3.63, 3.8) is 0 Å². The van der Waals surface area contributed by atoms with E-state index in [2.05, 4.69) is 4.98 Å². The lowest BCUT2D eigenvalue weighted by Crippen LogP contribution is -2.26. The van der Waals surface area contributed by atoms with Crippen molar-refractivity contribution in [3.05, 3.63) is 54.5 Å². The molecule has 1 aliphatic rings. The molecule has 8 heteroatoms. The largest absolute Gasteiger partial charge is 0.497 e. The fourth-order valence-corrected chi connectivity index (χ4v) is 3.43. The first kappa shape index (κ1) is 18.8. The van der Waals surface area contributed by atoms with Crippen LogP contribution in [0.5, 0.6) is 11.5 Å². The Morgan fingerprint density at radius 2 is 2.07 bits per heavy atom. The Balaban J connectivity index is 1.42. The Labute approximate surface area is 167 Å². The summed E-state index contributed by atoms with van der Waals surface area (Å²) in [7, 11) is 3.09. The van der Waals surface area contributed by atoms with Gasteiger partial charge in [0.2, 0.25) is 5.91 Å². The Morgan fingerprint density at radius 1 is 1.21 bits per heavy atom. The number of amides is 1. The molecule has 1 amide bonds. The van der Waals surface area contributed by atoms with Gasteiger partial charge in [-0.3, -0.25) is 9.59 Å². The molecular formula is C21H21N3O5. The number of hydrogen-bond donors (Lipinski definition) is 0. The first-order valence-corrected chi connectivity index (χ1v) is 9.20. The number of anilines is 1. The molecule has 0 bridgehead atoms. The van der Waals surface area contributed by atoms with E-state index in [1.807, 2.05) is 35.0 Å². The molecule has 1 aromatic carbocycles. The zero-order valence-corrected chi connectivity index (χ0v) is 16.2. The van der Waals surface area contributed by atoms with Crippen LogP contribution in [-0.2, 0) is 20.9 Å². The first-order valence-electron chi connectivity index (χ1n) is 9.20. The molecule has 0 spiro atoms. The van der Waals surface area contributed by atoms with E-state index < -0.39 is 11.9 Å². The van der Waals surface area contributed by atoms with Crippen molar-refractivity contribution in [2.75, 3.05) is 25.7 Å². The number of carbonyl (C=O) groups excluding carboxylic acids is 2. The van der Waals surface area contributed by atoms with E-state index in [-0.39, 0.29) is 25.5 Å². The van der Waals surface area contributed by atoms with Crippen LogP contribution in [0.3, 0.4) is 0 Å². The highest BCUT2D eigenvalue weighted by Gasteiger charge is 2.37. The van der Waals surface area contributed by atoms with E-state index in [4.69, 9.17) is 14.2 Å². The summed E-state index contributed by atoms with van der Waals surface area (Å²) in [6.07, 6.45) is 3.79. The van der Waals surface area contributed by atoms with Gasteiger partial charge in [0, 0.05) is 31.4 Å². The minimum absolute atomic E-state index is 0.0665. The SMILES string of the molecule is COc1ccc(N2C[C@@H](C(=O)OCc3cn4ccccc4n3)CC2=O)c(OC)c1. The van der Waals surface area contributed by atoms with Crippen LogP contribution in [0.25, 0.3) is 5.65 Å². The summed E-state index contributed by atoms with van der Waals surface area (Å²) < 4.78 is 17.9. The molecule has 1 saturated heterocycles. The van der Waals surface area contributed by atoms with Crippen LogP contribution in [0.2, 0.25) is 0 Å². The van der Waals surface area contributed by atoms with Gasteiger partial charge in [0.1, 0.15) is 23.8 Å². The fourth-order valence-electron chi connectivity index (χ4n) is 3.43. The van der Waals surface area contributed by atoms with E-state index in [0.717, 1.165) is 5.65 Å². The summed E-state index contributed by atoms with van der Waals surface area (Å²) >= 11 is 0. The molecule has 3 aromatic rings. The predicted octanol–water partition coefficient (Wildman–Crippen LogP) is 2.45. The summed E-state index contributed by atoms with van der Waals surface area (Å²) in [5.74, 6) is 0.0388. The number of ether oxygens (including phenoxy) is 3. The van der Waals surface area contributed by atoms with Gasteiger partial charge in [-0.15, -0.1) is 0 Å². The van der Waals surface area contributed by atoms with Crippen molar-refractivity contribution in [1.82, 2.24) is 9.38 Å². The van der Waals surface area contributed by atoms with Crippen LogP contribution in [0.15, 0.2) is 48.8 Å². The van der Waals surface area contributed by atoms with Gasteiger partial charge in [-0.05, 0) is 24.3 Å². The average molecular weight is 395 g/mol. The zero-order valence-electron chi connectivity index (χ0n) is 16.2. The van der Waals surface area contributed by atoms with Crippen molar-refractivity contribution >= 4 is 23.2 Å². The summed E-state index contributed by atoms with van der Waals surface area (Å²) in [6, 6.07) is 10.9. The number of esters is 1. The second kappa shape index (κ2) is 7.83. The van der Waals surface area contributed by atoms with E-state index in [0.29, 0.717) is 22.9 Å². The lowest BCUT2D eigenvalue weighted by molar-refractivity contribution is -0.149. The van der Waals surface area contributed by atoms with Crippen molar-refractivity contribution in [1.29, 1.82) is 0 Å². The zero-order chi connectivity index (χ0) is 20.4. The standard InChI is InChI=1S/C21H21N3O5/c1-27-16-6-7-17(18(10-16)28-2)24-11-14(9-20(24)25)21(26)29-13-15-12-23-8-4-3-5-19(23)22-15/h3-8,10,12,14H,9,11,13H2,1-2H3/t14-/m0/s1. The number of hydrogen-bond acceptors (Lipinski definition) is 6. The third kappa shape index (κ3) is 3.73. The van der Waals surface area contributed by atoms with E-state index >= 15 is 0 Å². The number of fused-ring (bicyclic) bond motifs is 1. The number of carbonyl (C=O) groups is 2. The normalized spacial score (nSPS) is 16.3. The molecule has 2 aromatic heterocycles. The minimum Gasteiger partial charge on any atom is -0.497 e. The molecule has 4 rings (SSSR count). The number of pyridine rings is 1. The first-order chi connectivity index (χ1) is 14.1. The Morgan fingerprint density at radius 3 is 2.83 bits per heavy atom. The number of imidazole rings is 1. The lowest BCUT2D eigenvalue weighted by Gasteiger charge is -2.20. The summed E-state index contributed by atoms with van der Waals surface area (Å²) in [5.41, 5.74) is 2.05. The molecule has 0 aliphatic carbocycles. The highest BCUT2D eigenvalue weighted by molar-refractivity contribution is 6.00. The van der Waals surface area contributed by atoms with Crippen LogP contribution >= 0.6 is 0 Å². The van der Waals surface area contributed by atoms with Gasteiger partial charge in [-0.25, -0.2) is 4.98 Å². The quantitative estimate of drug-likeness (QED) is 0.597. The van der Waals surface area contributed by atoms with Gasteiger partial charge in [0.05, 0.1) is 31.5 Å². The summed E-state index contributed by atoms with van der Waals surface area (Å²) in [5, 5.41) is 0. The molecule has 1 fully saturated rings. The van der Waals surface area contributed by atoms with Crippen LogP contribution in [0, 0.1) is 5.92 Å². The molecule has 0 unspecified atom stereocenters. The van der Waals surface area contributed by atoms with Gasteiger partial charge >= 0.3 is 5.97 Å².